The van der Waals surface area contributed by atoms with Gasteiger partial charge in [0.15, 0.2) is 5.76 Å². The summed E-state index contributed by atoms with van der Waals surface area (Å²) >= 11 is 0. The summed E-state index contributed by atoms with van der Waals surface area (Å²) in [4.78, 5) is 28.1. The highest BCUT2D eigenvalue weighted by Gasteiger charge is 2.12. The predicted molar refractivity (Wildman–Crippen MR) is 85.0 cm³/mol. The number of carbonyl (C=O) groups excluding carboxylic acids is 2. The first-order chi connectivity index (χ1) is 11.2. The first kappa shape index (κ1) is 14.7. The van der Waals surface area contributed by atoms with Crippen molar-refractivity contribution < 1.29 is 14.0 Å². The second-order valence-corrected chi connectivity index (χ2v) is 4.91. The maximum absolute atomic E-state index is 12.2. The molecule has 23 heavy (non-hydrogen) atoms. The van der Waals surface area contributed by atoms with Gasteiger partial charge in [-0.05, 0) is 23.8 Å². The van der Waals surface area contributed by atoms with Crippen molar-refractivity contribution in [3.05, 3.63) is 78.5 Å². The van der Waals surface area contributed by atoms with Gasteiger partial charge in [-0.25, -0.2) is 0 Å². The molecule has 2 aromatic heterocycles. The molecule has 0 aliphatic heterocycles. The summed E-state index contributed by atoms with van der Waals surface area (Å²) in [5, 5.41) is 2.58. The maximum Gasteiger partial charge on any atom is 0.253 e. The van der Waals surface area contributed by atoms with Crippen LogP contribution in [0.4, 0.5) is 0 Å². The fourth-order valence-corrected chi connectivity index (χ4v) is 2.14. The molecule has 0 fully saturated rings. The molecule has 0 saturated heterocycles. The first-order valence-electron chi connectivity index (χ1n) is 7.09. The predicted octanol–water partition coefficient (Wildman–Crippen LogP) is 2.95. The fourth-order valence-electron chi connectivity index (χ4n) is 2.14. The molecule has 0 spiro atoms. The van der Waals surface area contributed by atoms with Crippen LogP contribution in [0.5, 0.6) is 0 Å². The molecule has 0 aliphatic carbocycles. The molecule has 0 saturated carbocycles. The average molecular weight is 306 g/mol. The lowest BCUT2D eigenvalue weighted by molar-refractivity contribution is 0.0892. The van der Waals surface area contributed by atoms with Gasteiger partial charge >= 0.3 is 0 Å². The number of pyridine rings is 1. The van der Waals surface area contributed by atoms with E-state index in [9.17, 15) is 9.59 Å². The van der Waals surface area contributed by atoms with Crippen LogP contribution < -0.4 is 5.32 Å². The third-order valence-corrected chi connectivity index (χ3v) is 3.31. The number of amides is 1. The van der Waals surface area contributed by atoms with Crippen LogP contribution in [0.25, 0.3) is 11.1 Å². The van der Waals surface area contributed by atoms with Crippen molar-refractivity contribution in [1.29, 1.82) is 0 Å². The number of rotatable bonds is 5. The number of benzene rings is 1. The quantitative estimate of drug-likeness (QED) is 0.736. The number of nitrogens with zero attached hydrogens (tertiary/aromatic N) is 1. The molecule has 2 heterocycles. The van der Waals surface area contributed by atoms with Crippen LogP contribution in [0.3, 0.4) is 0 Å². The van der Waals surface area contributed by atoms with Crippen LogP contribution in [-0.2, 0) is 0 Å². The van der Waals surface area contributed by atoms with Crippen LogP contribution in [0.1, 0.15) is 20.9 Å². The number of ketones is 1. The number of furan rings is 1. The van der Waals surface area contributed by atoms with E-state index < -0.39 is 0 Å². The van der Waals surface area contributed by atoms with E-state index in [-0.39, 0.29) is 24.0 Å². The van der Waals surface area contributed by atoms with Gasteiger partial charge in [0, 0.05) is 18.0 Å². The third-order valence-electron chi connectivity index (χ3n) is 3.31. The Labute approximate surface area is 133 Å². The molecule has 1 aromatic carbocycles. The highest BCUT2D eigenvalue weighted by molar-refractivity contribution is 6.01. The minimum atomic E-state index is -0.352. The second kappa shape index (κ2) is 6.70. The largest absolute Gasteiger partial charge is 0.461 e. The van der Waals surface area contributed by atoms with E-state index in [2.05, 4.69) is 10.3 Å². The Morgan fingerprint density at radius 3 is 2.57 bits per heavy atom. The summed E-state index contributed by atoms with van der Waals surface area (Å²) in [7, 11) is 0. The van der Waals surface area contributed by atoms with Gasteiger partial charge < -0.3 is 9.73 Å². The standard InChI is InChI=1S/C18H14N2O3/c21-16(17-7-4-8-23-17)12-20-18(22)15-9-14(10-19-11-15)13-5-2-1-3-6-13/h1-11H,12H2,(H,20,22). The maximum atomic E-state index is 12.2. The van der Waals surface area contributed by atoms with Crippen LogP contribution >= 0.6 is 0 Å². The number of Topliss-reactive ketones (excluding diaryl/α,β-unsaturated/α-hetero) is 1. The van der Waals surface area contributed by atoms with Crippen LogP contribution in [0, 0.1) is 0 Å². The summed E-state index contributed by atoms with van der Waals surface area (Å²) in [6, 6.07) is 14.6. The topological polar surface area (TPSA) is 72.2 Å². The van der Waals surface area contributed by atoms with Crippen molar-refractivity contribution in [3.63, 3.8) is 0 Å². The molecule has 1 N–H and O–H groups in total. The lowest BCUT2D eigenvalue weighted by atomic mass is 10.1. The molecule has 1 amide bonds. The Morgan fingerprint density at radius 2 is 1.83 bits per heavy atom. The van der Waals surface area contributed by atoms with Gasteiger partial charge in [0.1, 0.15) is 0 Å². The van der Waals surface area contributed by atoms with E-state index in [0.29, 0.717) is 5.56 Å². The van der Waals surface area contributed by atoms with Crippen molar-refractivity contribution in [3.8, 4) is 11.1 Å². The number of nitrogens with one attached hydrogen (secondary N) is 1. The molecule has 5 nitrogen and oxygen atoms in total. The van der Waals surface area contributed by atoms with Gasteiger partial charge in [-0.15, -0.1) is 0 Å². The Hall–Kier alpha value is -3.21. The molecule has 0 aliphatic rings. The number of hydrogen-bond donors (Lipinski definition) is 1. The Bertz CT molecular complexity index is 811. The normalized spacial score (nSPS) is 10.3. The average Bonchev–Trinajstić information content (AvgIpc) is 3.15. The van der Waals surface area contributed by atoms with Crippen molar-refractivity contribution >= 4 is 11.7 Å². The summed E-state index contributed by atoms with van der Waals surface area (Å²) in [5.41, 5.74) is 2.22. The molecule has 0 bridgehead atoms. The molecule has 0 radical (unpaired) electrons. The minimum absolute atomic E-state index is 0.123. The molecule has 5 heteroatoms. The first-order valence-corrected chi connectivity index (χ1v) is 7.09. The van der Waals surface area contributed by atoms with Gasteiger partial charge in [0.25, 0.3) is 5.91 Å². The number of carbonyl (C=O) groups is 2. The molecular formula is C18H14N2O3. The summed E-state index contributed by atoms with van der Waals surface area (Å²) < 4.78 is 5.00. The van der Waals surface area contributed by atoms with Crippen LogP contribution in [0.2, 0.25) is 0 Å². The third kappa shape index (κ3) is 3.52. The van der Waals surface area contributed by atoms with Crippen molar-refractivity contribution in [2.45, 2.75) is 0 Å². The van der Waals surface area contributed by atoms with E-state index >= 15 is 0 Å². The van der Waals surface area contributed by atoms with Gasteiger partial charge in [-0.1, -0.05) is 30.3 Å². The highest BCUT2D eigenvalue weighted by atomic mass is 16.3. The van der Waals surface area contributed by atoms with Crippen molar-refractivity contribution in [2.75, 3.05) is 6.54 Å². The smallest absolute Gasteiger partial charge is 0.253 e. The summed E-state index contributed by atoms with van der Waals surface area (Å²) in [5.74, 6) is -0.410. The van der Waals surface area contributed by atoms with Gasteiger partial charge in [0.2, 0.25) is 5.78 Å². The number of aromatic nitrogens is 1. The lowest BCUT2D eigenvalue weighted by Gasteiger charge is -2.06. The second-order valence-electron chi connectivity index (χ2n) is 4.91. The molecule has 0 unspecified atom stereocenters. The summed E-state index contributed by atoms with van der Waals surface area (Å²) in [6.45, 7) is -0.123. The highest BCUT2D eigenvalue weighted by Crippen LogP contribution is 2.18. The van der Waals surface area contributed by atoms with Gasteiger partial charge in [-0.2, -0.15) is 0 Å². The van der Waals surface area contributed by atoms with Crippen LogP contribution in [-0.4, -0.2) is 23.2 Å². The number of hydrogen-bond acceptors (Lipinski definition) is 4. The molecule has 114 valence electrons. The fraction of sp³-hybridized carbons (Fsp3) is 0.0556. The van der Waals surface area contributed by atoms with E-state index in [1.165, 1.54) is 12.5 Å². The molecule has 3 rings (SSSR count). The van der Waals surface area contributed by atoms with E-state index in [1.807, 2.05) is 30.3 Å². The Balaban J connectivity index is 1.69. The summed E-state index contributed by atoms with van der Waals surface area (Å²) in [6.07, 6.45) is 4.58. The zero-order chi connectivity index (χ0) is 16.1. The van der Waals surface area contributed by atoms with Crippen molar-refractivity contribution in [1.82, 2.24) is 10.3 Å². The lowest BCUT2D eigenvalue weighted by Crippen LogP contribution is -2.29. The monoisotopic (exact) mass is 306 g/mol. The zero-order valence-electron chi connectivity index (χ0n) is 12.2. The SMILES string of the molecule is O=C(NCC(=O)c1ccco1)c1cncc(-c2ccccc2)c1. The van der Waals surface area contributed by atoms with Crippen molar-refractivity contribution in [2.24, 2.45) is 0 Å². The molecular weight excluding hydrogens is 292 g/mol. The van der Waals surface area contributed by atoms with Gasteiger partial charge in [-0.3, -0.25) is 14.6 Å². The van der Waals surface area contributed by atoms with E-state index in [1.54, 1.807) is 24.4 Å². The van der Waals surface area contributed by atoms with Crippen LogP contribution in [0.15, 0.2) is 71.6 Å². The zero-order valence-corrected chi connectivity index (χ0v) is 12.2. The Kier molecular flexibility index (Phi) is 4.29. The van der Waals surface area contributed by atoms with E-state index in [4.69, 9.17) is 4.42 Å². The minimum Gasteiger partial charge on any atom is -0.461 e. The molecule has 3 aromatic rings. The molecule has 0 atom stereocenters. The van der Waals surface area contributed by atoms with Gasteiger partial charge in [0.05, 0.1) is 18.4 Å². The Morgan fingerprint density at radius 1 is 1.00 bits per heavy atom. The van der Waals surface area contributed by atoms with E-state index in [0.717, 1.165) is 11.1 Å².